The van der Waals surface area contributed by atoms with E-state index < -0.39 is 5.82 Å². The Morgan fingerprint density at radius 3 is 3.06 bits per heavy atom. The van der Waals surface area contributed by atoms with Crippen molar-refractivity contribution in [2.75, 3.05) is 25.0 Å². The first-order valence-electron chi connectivity index (χ1n) is 6.38. The van der Waals surface area contributed by atoms with Crippen LogP contribution in [-0.2, 0) is 0 Å². The molecule has 2 heterocycles. The van der Waals surface area contributed by atoms with Gasteiger partial charge in [0.1, 0.15) is 0 Å². The van der Waals surface area contributed by atoms with Crippen LogP contribution in [0.1, 0.15) is 19.3 Å². The summed E-state index contributed by atoms with van der Waals surface area (Å²) in [6.45, 7) is 3.02. The van der Waals surface area contributed by atoms with E-state index >= 15 is 0 Å². The monoisotopic (exact) mass is 270 g/mol. The Morgan fingerprint density at radius 2 is 2.28 bits per heavy atom. The quantitative estimate of drug-likeness (QED) is 0.852. The Bertz CT molecular complexity index is 438. The highest BCUT2D eigenvalue weighted by atomic mass is 35.5. The predicted octanol–water partition coefficient (Wildman–Crippen LogP) is 2.17. The molecule has 1 saturated carbocycles. The Hall–Kier alpha value is -0.940. The van der Waals surface area contributed by atoms with Gasteiger partial charge in [-0.15, -0.1) is 0 Å². The number of nitrogens with zero attached hydrogens (tertiary/aromatic N) is 3. The fourth-order valence-corrected chi connectivity index (χ4v) is 2.64. The largest absolute Gasteiger partial charge is 0.367 e. The SMILES string of the molecule is Fc1cnc(Cl)nc1NCC1CCN(C2CC2)C1. The second-order valence-corrected chi connectivity index (χ2v) is 5.44. The molecule has 0 radical (unpaired) electrons. The minimum Gasteiger partial charge on any atom is -0.367 e. The molecule has 1 aliphatic carbocycles. The van der Waals surface area contributed by atoms with E-state index in [9.17, 15) is 4.39 Å². The number of likely N-dealkylation sites (tertiary alicyclic amines) is 1. The third-order valence-electron chi connectivity index (χ3n) is 3.65. The van der Waals surface area contributed by atoms with E-state index in [0.717, 1.165) is 25.3 Å². The lowest BCUT2D eigenvalue weighted by Crippen LogP contribution is -2.25. The zero-order valence-corrected chi connectivity index (χ0v) is 10.8. The van der Waals surface area contributed by atoms with Crippen molar-refractivity contribution in [3.8, 4) is 0 Å². The predicted molar refractivity (Wildman–Crippen MR) is 68.2 cm³/mol. The molecule has 0 bridgehead atoms. The molecule has 1 saturated heterocycles. The van der Waals surface area contributed by atoms with Crippen molar-refractivity contribution in [1.29, 1.82) is 0 Å². The summed E-state index contributed by atoms with van der Waals surface area (Å²) in [6, 6.07) is 0.820. The first-order chi connectivity index (χ1) is 8.72. The van der Waals surface area contributed by atoms with Gasteiger partial charge in [-0.25, -0.2) is 9.37 Å². The van der Waals surface area contributed by atoms with Gasteiger partial charge < -0.3 is 10.2 Å². The van der Waals surface area contributed by atoms with Gasteiger partial charge in [-0.1, -0.05) is 0 Å². The van der Waals surface area contributed by atoms with Gasteiger partial charge in [0.25, 0.3) is 0 Å². The topological polar surface area (TPSA) is 41.1 Å². The molecule has 1 atom stereocenters. The Labute approximate surface area is 111 Å². The smallest absolute Gasteiger partial charge is 0.224 e. The van der Waals surface area contributed by atoms with Crippen molar-refractivity contribution >= 4 is 17.4 Å². The number of halogens is 2. The Kier molecular flexibility index (Phi) is 3.35. The van der Waals surface area contributed by atoms with Crippen LogP contribution in [0.15, 0.2) is 6.20 Å². The molecule has 3 rings (SSSR count). The molecule has 1 aliphatic heterocycles. The van der Waals surface area contributed by atoms with Crippen LogP contribution in [0.25, 0.3) is 0 Å². The summed E-state index contributed by atoms with van der Waals surface area (Å²) in [5.41, 5.74) is 0. The molecule has 2 aliphatic rings. The van der Waals surface area contributed by atoms with Crippen LogP contribution in [0.3, 0.4) is 0 Å². The summed E-state index contributed by atoms with van der Waals surface area (Å²) in [7, 11) is 0. The fourth-order valence-electron chi connectivity index (χ4n) is 2.51. The lowest BCUT2D eigenvalue weighted by atomic mass is 10.1. The first-order valence-corrected chi connectivity index (χ1v) is 6.76. The van der Waals surface area contributed by atoms with Crippen molar-refractivity contribution in [1.82, 2.24) is 14.9 Å². The third-order valence-corrected chi connectivity index (χ3v) is 3.84. The standard InChI is InChI=1S/C12H16ClFN4/c13-12-16-6-10(14)11(17-12)15-5-8-3-4-18(7-8)9-1-2-9/h6,8-9H,1-5,7H2,(H,15,16,17). The van der Waals surface area contributed by atoms with Gasteiger partial charge in [0, 0.05) is 19.1 Å². The fraction of sp³-hybridized carbons (Fsp3) is 0.667. The lowest BCUT2D eigenvalue weighted by Gasteiger charge is -2.15. The van der Waals surface area contributed by atoms with Crippen molar-refractivity contribution in [3.05, 3.63) is 17.3 Å². The summed E-state index contributed by atoms with van der Waals surface area (Å²) in [4.78, 5) is 9.99. The Balaban J connectivity index is 1.53. The van der Waals surface area contributed by atoms with Crippen LogP contribution >= 0.6 is 11.6 Å². The van der Waals surface area contributed by atoms with E-state index in [1.54, 1.807) is 0 Å². The second-order valence-electron chi connectivity index (χ2n) is 5.10. The molecule has 1 aromatic rings. The minimum absolute atomic E-state index is 0.0740. The molecule has 4 nitrogen and oxygen atoms in total. The summed E-state index contributed by atoms with van der Waals surface area (Å²) in [6.07, 6.45) is 4.96. The molecular formula is C12H16ClFN4. The van der Waals surface area contributed by atoms with Crippen LogP contribution in [0.4, 0.5) is 10.2 Å². The summed E-state index contributed by atoms with van der Waals surface area (Å²) >= 11 is 5.65. The number of anilines is 1. The lowest BCUT2D eigenvalue weighted by molar-refractivity contribution is 0.316. The van der Waals surface area contributed by atoms with Gasteiger partial charge in [-0.05, 0) is 43.3 Å². The molecule has 0 spiro atoms. The molecule has 1 unspecified atom stereocenters. The van der Waals surface area contributed by atoms with Gasteiger partial charge in [0.2, 0.25) is 5.28 Å². The molecule has 0 aromatic carbocycles. The summed E-state index contributed by atoms with van der Waals surface area (Å²) in [5, 5.41) is 3.11. The third kappa shape index (κ3) is 2.72. The van der Waals surface area contributed by atoms with Crippen molar-refractivity contribution < 1.29 is 4.39 Å². The number of hydrogen-bond donors (Lipinski definition) is 1. The van der Waals surface area contributed by atoms with E-state index in [1.165, 1.54) is 25.8 Å². The maximum atomic E-state index is 13.4. The number of hydrogen-bond acceptors (Lipinski definition) is 4. The highest BCUT2D eigenvalue weighted by molar-refractivity contribution is 6.28. The maximum absolute atomic E-state index is 13.4. The summed E-state index contributed by atoms with van der Waals surface area (Å²) in [5.74, 6) is 0.329. The normalized spacial score (nSPS) is 24.4. The van der Waals surface area contributed by atoms with Crippen LogP contribution < -0.4 is 5.32 Å². The average molecular weight is 271 g/mol. The molecule has 1 N–H and O–H groups in total. The molecule has 18 heavy (non-hydrogen) atoms. The van der Waals surface area contributed by atoms with Gasteiger partial charge in [0.05, 0.1) is 6.20 Å². The van der Waals surface area contributed by atoms with Gasteiger partial charge in [0.15, 0.2) is 11.6 Å². The first kappa shape index (κ1) is 12.1. The second kappa shape index (κ2) is 4.97. The van der Waals surface area contributed by atoms with E-state index in [4.69, 9.17) is 11.6 Å². The average Bonchev–Trinajstić information content (AvgIpc) is 3.10. The van der Waals surface area contributed by atoms with Crippen molar-refractivity contribution in [2.24, 2.45) is 5.92 Å². The van der Waals surface area contributed by atoms with E-state index in [1.807, 2.05) is 0 Å². The minimum atomic E-state index is -0.448. The van der Waals surface area contributed by atoms with Crippen molar-refractivity contribution in [2.45, 2.75) is 25.3 Å². The summed E-state index contributed by atoms with van der Waals surface area (Å²) < 4.78 is 13.4. The number of nitrogens with one attached hydrogen (secondary N) is 1. The molecule has 1 aromatic heterocycles. The molecule has 0 amide bonds. The number of rotatable bonds is 4. The maximum Gasteiger partial charge on any atom is 0.224 e. The molecule has 98 valence electrons. The van der Waals surface area contributed by atoms with Crippen LogP contribution in [0.5, 0.6) is 0 Å². The Morgan fingerprint density at radius 1 is 1.44 bits per heavy atom. The van der Waals surface area contributed by atoms with Crippen LogP contribution in [0, 0.1) is 11.7 Å². The molecule has 6 heteroatoms. The van der Waals surface area contributed by atoms with E-state index in [0.29, 0.717) is 5.92 Å². The number of aromatic nitrogens is 2. The highest BCUT2D eigenvalue weighted by Crippen LogP contribution is 2.31. The molecule has 2 fully saturated rings. The van der Waals surface area contributed by atoms with Gasteiger partial charge in [-0.2, -0.15) is 4.98 Å². The zero-order valence-electron chi connectivity index (χ0n) is 10.1. The highest BCUT2D eigenvalue weighted by Gasteiger charge is 2.34. The van der Waals surface area contributed by atoms with Crippen molar-refractivity contribution in [3.63, 3.8) is 0 Å². The van der Waals surface area contributed by atoms with Crippen LogP contribution in [0.2, 0.25) is 5.28 Å². The molecular weight excluding hydrogens is 255 g/mol. The van der Waals surface area contributed by atoms with E-state index in [2.05, 4.69) is 20.2 Å². The van der Waals surface area contributed by atoms with Crippen LogP contribution in [-0.4, -0.2) is 40.5 Å². The zero-order chi connectivity index (χ0) is 12.5. The van der Waals surface area contributed by atoms with E-state index in [-0.39, 0.29) is 11.1 Å². The van der Waals surface area contributed by atoms with Gasteiger partial charge >= 0.3 is 0 Å². The van der Waals surface area contributed by atoms with Gasteiger partial charge in [-0.3, -0.25) is 0 Å².